The van der Waals surface area contributed by atoms with E-state index < -0.39 is 19.7 Å². The number of nitrogens with zero attached hydrogens (tertiary/aromatic N) is 1. The molecule has 0 bridgehead atoms. The predicted octanol–water partition coefficient (Wildman–Crippen LogP) is 0.765. The largest absolute Gasteiger partial charge is 0.480 e. The van der Waals surface area contributed by atoms with E-state index in [2.05, 4.69) is 10.3 Å². The van der Waals surface area contributed by atoms with Crippen molar-refractivity contribution in [1.82, 2.24) is 4.98 Å². The Balaban J connectivity index is 2.87. The Morgan fingerprint density at radius 1 is 1.60 bits per heavy atom. The van der Waals surface area contributed by atoms with E-state index in [-0.39, 0.29) is 11.1 Å². The molecule has 15 heavy (non-hydrogen) atoms. The molecule has 7 heteroatoms. The van der Waals surface area contributed by atoms with Crippen LogP contribution in [0.15, 0.2) is 18.3 Å². The highest BCUT2D eigenvalue weighted by atomic mass is 31.1. The van der Waals surface area contributed by atoms with Crippen LogP contribution in [0.2, 0.25) is 0 Å². The highest BCUT2D eigenvalue weighted by Crippen LogP contribution is 2.08. The number of hydrogen-bond acceptors (Lipinski definition) is 5. The zero-order valence-electron chi connectivity index (χ0n) is 7.88. The second kappa shape index (κ2) is 4.70. The SMILES string of the molecule is CC(Nc1cc(P(=O)=O)ccn1)C(=O)O. The summed E-state index contributed by atoms with van der Waals surface area (Å²) in [6.07, 6.45) is 1.30. The molecule has 1 aromatic rings. The van der Waals surface area contributed by atoms with Crippen LogP contribution in [0.25, 0.3) is 0 Å². The third kappa shape index (κ3) is 3.18. The first-order chi connectivity index (χ1) is 7.00. The Morgan fingerprint density at radius 2 is 2.27 bits per heavy atom. The molecule has 1 atom stereocenters. The van der Waals surface area contributed by atoms with Gasteiger partial charge in [0.1, 0.15) is 11.9 Å². The second-order valence-electron chi connectivity index (χ2n) is 2.86. The lowest BCUT2D eigenvalue weighted by molar-refractivity contribution is -0.137. The number of aliphatic carboxylic acids is 1. The van der Waals surface area contributed by atoms with Crippen LogP contribution in [-0.4, -0.2) is 22.1 Å². The van der Waals surface area contributed by atoms with Gasteiger partial charge in [-0.1, -0.05) is 0 Å². The molecule has 0 aliphatic heterocycles. The molecule has 0 saturated carbocycles. The van der Waals surface area contributed by atoms with Crippen molar-refractivity contribution in [2.75, 3.05) is 5.32 Å². The third-order valence-corrected chi connectivity index (χ3v) is 2.39. The topological polar surface area (TPSA) is 96.4 Å². The quantitative estimate of drug-likeness (QED) is 0.738. The first-order valence-corrected chi connectivity index (χ1v) is 5.28. The normalized spacial score (nSPS) is 11.8. The van der Waals surface area contributed by atoms with Crippen molar-refractivity contribution in [3.63, 3.8) is 0 Å². The molecule has 2 N–H and O–H groups in total. The summed E-state index contributed by atoms with van der Waals surface area (Å²) in [5.74, 6) is -0.810. The van der Waals surface area contributed by atoms with Gasteiger partial charge in [0.25, 0.3) is 0 Å². The van der Waals surface area contributed by atoms with Crippen LogP contribution in [0.4, 0.5) is 5.82 Å². The molecule has 0 spiro atoms. The van der Waals surface area contributed by atoms with Gasteiger partial charge in [-0.15, -0.1) is 0 Å². The minimum absolute atomic E-state index is 0.0973. The second-order valence-corrected chi connectivity index (χ2v) is 3.89. The first-order valence-electron chi connectivity index (χ1n) is 4.10. The maximum Gasteiger partial charge on any atom is 0.348 e. The molecule has 1 rings (SSSR count). The van der Waals surface area contributed by atoms with Crippen LogP contribution < -0.4 is 10.6 Å². The Bertz CT molecular complexity index is 436. The molecule has 80 valence electrons. The number of anilines is 1. The number of carbonyl (C=O) groups is 1. The van der Waals surface area contributed by atoms with Crippen LogP contribution in [0.3, 0.4) is 0 Å². The van der Waals surface area contributed by atoms with Crippen LogP contribution in [0.5, 0.6) is 0 Å². The van der Waals surface area contributed by atoms with Crippen molar-refractivity contribution >= 4 is 24.8 Å². The van der Waals surface area contributed by atoms with E-state index in [1.165, 1.54) is 25.3 Å². The molecule has 1 aromatic heterocycles. The zero-order chi connectivity index (χ0) is 11.4. The van der Waals surface area contributed by atoms with E-state index >= 15 is 0 Å². The number of carboxylic acids is 1. The van der Waals surface area contributed by atoms with Gasteiger partial charge in [-0.3, -0.25) is 4.79 Å². The third-order valence-electron chi connectivity index (χ3n) is 1.69. The van der Waals surface area contributed by atoms with Gasteiger partial charge in [0.05, 0.1) is 5.30 Å². The van der Waals surface area contributed by atoms with Crippen molar-refractivity contribution in [1.29, 1.82) is 0 Å². The lowest BCUT2D eigenvalue weighted by Crippen LogP contribution is -2.26. The van der Waals surface area contributed by atoms with Gasteiger partial charge in [-0.2, -0.15) is 0 Å². The summed E-state index contributed by atoms with van der Waals surface area (Å²) in [7, 11) is -2.68. The number of pyridine rings is 1. The molecule has 0 amide bonds. The minimum atomic E-state index is -2.68. The van der Waals surface area contributed by atoms with Crippen LogP contribution in [0, 0.1) is 0 Å². The van der Waals surface area contributed by atoms with Gasteiger partial charge < -0.3 is 10.4 Å². The number of carboxylic acid groups (broad SMARTS) is 1. The minimum Gasteiger partial charge on any atom is -0.480 e. The summed E-state index contributed by atoms with van der Waals surface area (Å²) < 4.78 is 21.3. The lowest BCUT2D eigenvalue weighted by atomic mass is 10.3. The van der Waals surface area contributed by atoms with E-state index in [1.54, 1.807) is 0 Å². The smallest absolute Gasteiger partial charge is 0.348 e. The summed E-state index contributed by atoms with van der Waals surface area (Å²) >= 11 is 0. The molecule has 6 nitrogen and oxygen atoms in total. The molecule has 0 aliphatic rings. The molecule has 0 aromatic carbocycles. The van der Waals surface area contributed by atoms with Gasteiger partial charge in [0.2, 0.25) is 0 Å². The lowest BCUT2D eigenvalue weighted by Gasteiger charge is -2.09. The highest BCUT2D eigenvalue weighted by molar-refractivity contribution is 7.40. The molecule has 1 unspecified atom stereocenters. The fourth-order valence-electron chi connectivity index (χ4n) is 0.895. The Labute approximate surface area is 86.2 Å². The average molecular weight is 228 g/mol. The molecular weight excluding hydrogens is 219 g/mol. The standard InChI is InChI=1S/C8H9N2O4P/c1-5(8(11)12)10-7-4-6(15(13)14)2-3-9-7/h2-5H,1H3,(H,9,10)(H,11,12). The van der Waals surface area contributed by atoms with Crippen molar-refractivity contribution in [2.45, 2.75) is 13.0 Å². The summed E-state index contributed by atoms with van der Waals surface area (Å²) in [5, 5.41) is 11.3. The average Bonchev–Trinajstić information content (AvgIpc) is 2.18. The summed E-state index contributed by atoms with van der Waals surface area (Å²) in [5.41, 5.74) is 0. The van der Waals surface area contributed by atoms with Gasteiger partial charge in [-0.05, 0) is 19.1 Å². The number of hydrogen-bond donors (Lipinski definition) is 2. The maximum atomic E-state index is 10.6. The van der Waals surface area contributed by atoms with Crippen LogP contribution in [-0.2, 0) is 13.9 Å². The van der Waals surface area contributed by atoms with Crippen LogP contribution in [0.1, 0.15) is 6.92 Å². The maximum absolute atomic E-state index is 10.6. The van der Waals surface area contributed by atoms with E-state index in [0.29, 0.717) is 0 Å². The van der Waals surface area contributed by atoms with Gasteiger partial charge >= 0.3 is 13.6 Å². The summed E-state index contributed by atoms with van der Waals surface area (Å²) in [6, 6.07) is 1.80. The monoisotopic (exact) mass is 228 g/mol. The highest BCUT2D eigenvalue weighted by Gasteiger charge is 2.11. The van der Waals surface area contributed by atoms with Crippen molar-refractivity contribution < 1.29 is 19.0 Å². The van der Waals surface area contributed by atoms with Gasteiger partial charge in [0, 0.05) is 6.20 Å². The summed E-state index contributed by atoms with van der Waals surface area (Å²) in [4.78, 5) is 14.3. The van der Waals surface area contributed by atoms with E-state index in [0.717, 1.165) is 0 Å². The molecule has 0 saturated heterocycles. The number of rotatable bonds is 4. The fourth-order valence-corrected chi connectivity index (χ4v) is 1.31. The Kier molecular flexibility index (Phi) is 3.57. The van der Waals surface area contributed by atoms with E-state index in [1.807, 2.05) is 0 Å². The molecule has 0 aliphatic carbocycles. The summed E-state index contributed by atoms with van der Waals surface area (Å²) in [6.45, 7) is 1.44. The van der Waals surface area contributed by atoms with Crippen LogP contribution >= 0.6 is 7.68 Å². The molecule has 0 fully saturated rings. The molecule has 0 radical (unpaired) electrons. The Hall–Kier alpha value is -1.68. The molecule has 1 heterocycles. The number of aromatic nitrogens is 1. The van der Waals surface area contributed by atoms with Crippen molar-refractivity contribution in [2.24, 2.45) is 0 Å². The number of nitrogens with one attached hydrogen (secondary N) is 1. The zero-order valence-corrected chi connectivity index (χ0v) is 8.77. The van der Waals surface area contributed by atoms with E-state index in [4.69, 9.17) is 5.11 Å². The van der Waals surface area contributed by atoms with Crippen molar-refractivity contribution in [3.05, 3.63) is 18.3 Å². The fraction of sp³-hybridized carbons (Fsp3) is 0.250. The van der Waals surface area contributed by atoms with Gasteiger partial charge in [0.15, 0.2) is 0 Å². The van der Waals surface area contributed by atoms with Crippen molar-refractivity contribution in [3.8, 4) is 0 Å². The van der Waals surface area contributed by atoms with E-state index in [9.17, 15) is 13.9 Å². The first kappa shape index (κ1) is 11.4. The Morgan fingerprint density at radius 3 is 2.80 bits per heavy atom. The van der Waals surface area contributed by atoms with Gasteiger partial charge in [-0.25, -0.2) is 14.1 Å². The molecular formula is C8H9N2O4P. The predicted molar refractivity (Wildman–Crippen MR) is 52.9 cm³/mol.